The largest absolute Gasteiger partial charge is 0.305 e. The molecule has 0 bridgehead atoms. The van der Waals surface area contributed by atoms with Gasteiger partial charge in [-0.15, -0.1) is 0 Å². The standard InChI is InChI=1S/C12H13NO3S/c1-10(14)13(11-5-3-2-4-6-11)12-7-8-17(15,16)9-12/h2-8,12H,9H2,1H3. The molecule has 0 spiro atoms. The lowest BCUT2D eigenvalue weighted by molar-refractivity contribution is -0.116. The van der Waals surface area contributed by atoms with Gasteiger partial charge in [-0.2, -0.15) is 0 Å². The molecule has 1 heterocycles. The smallest absolute Gasteiger partial charge is 0.224 e. The van der Waals surface area contributed by atoms with Crippen molar-refractivity contribution >= 4 is 21.4 Å². The van der Waals surface area contributed by atoms with E-state index in [1.165, 1.54) is 17.2 Å². The first-order valence-corrected chi connectivity index (χ1v) is 6.97. The maximum absolute atomic E-state index is 11.6. The number of hydrogen-bond acceptors (Lipinski definition) is 3. The van der Waals surface area contributed by atoms with Gasteiger partial charge in [0.15, 0.2) is 9.84 Å². The molecule has 5 heteroatoms. The van der Waals surface area contributed by atoms with Crippen molar-refractivity contribution < 1.29 is 13.2 Å². The molecule has 0 saturated heterocycles. The van der Waals surface area contributed by atoms with E-state index < -0.39 is 15.9 Å². The highest BCUT2D eigenvalue weighted by molar-refractivity contribution is 7.94. The lowest BCUT2D eigenvalue weighted by Gasteiger charge is -2.26. The SMILES string of the molecule is CC(=O)N(c1ccccc1)C1C=CS(=O)(=O)C1. The van der Waals surface area contributed by atoms with Crippen molar-refractivity contribution in [1.29, 1.82) is 0 Å². The normalized spacial score (nSPS) is 21.4. The van der Waals surface area contributed by atoms with E-state index in [9.17, 15) is 13.2 Å². The highest BCUT2D eigenvalue weighted by Gasteiger charge is 2.29. The number of nitrogens with zero attached hydrogens (tertiary/aromatic N) is 1. The van der Waals surface area contributed by atoms with Crippen LogP contribution in [0.4, 0.5) is 5.69 Å². The van der Waals surface area contributed by atoms with Crippen molar-refractivity contribution in [3.05, 3.63) is 41.8 Å². The molecule has 1 aliphatic heterocycles. The number of benzene rings is 1. The van der Waals surface area contributed by atoms with Gasteiger partial charge in [0.25, 0.3) is 0 Å². The Morgan fingerprint density at radius 2 is 1.94 bits per heavy atom. The summed E-state index contributed by atoms with van der Waals surface area (Å²) in [6.45, 7) is 1.44. The van der Waals surface area contributed by atoms with Crippen molar-refractivity contribution in [2.24, 2.45) is 0 Å². The minimum Gasteiger partial charge on any atom is -0.305 e. The predicted octanol–water partition coefficient (Wildman–Crippen LogP) is 1.35. The maximum Gasteiger partial charge on any atom is 0.224 e. The molecule has 1 amide bonds. The Morgan fingerprint density at radius 3 is 2.41 bits per heavy atom. The van der Waals surface area contributed by atoms with Gasteiger partial charge in [0.2, 0.25) is 5.91 Å². The third-order valence-electron chi connectivity index (χ3n) is 2.62. The zero-order valence-corrected chi connectivity index (χ0v) is 10.2. The molecule has 90 valence electrons. The van der Waals surface area contributed by atoms with Gasteiger partial charge in [-0.1, -0.05) is 18.2 Å². The van der Waals surface area contributed by atoms with E-state index in [1.54, 1.807) is 18.2 Å². The second-order valence-corrected chi connectivity index (χ2v) is 5.88. The van der Waals surface area contributed by atoms with Gasteiger partial charge in [0.05, 0.1) is 11.8 Å². The summed E-state index contributed by atoms with van der Waals surface area (Å²) < 4.78 is 22.7. The van der Waals surface area contributed by atoms with Crippen LogP contribution >= 0.6 is 0 Å². The van der Waals surface area contributed by atoms with Gasteiger partial charge in [0.1, 0.15) is 0 Å². The van der Waals surface area contributed by atoms with Crippen LogP contribution in [-0.4, -0.2) is 26.1 Å². The van der Waals surface area contributed by atoms with Crippen molar-refractivity contribution in [2.75, 3.05) is 10.7 Å². The molecule has 17 heavy (non-hydrogen) atoms. The molecular weight excluding hydrogens is 238 g/mol. The summed E-state index contributed by atoms with van der Waals surface area (Å²) in [5.74, 6) is -0.204. The average molecular weight is 251 g/mol. The minimum atomic E-state index is -3.16. The third kappa shape index (κ3) is 2.55. The van der Waals surface area contributed by atoms with Crippen LogP contribution in [0.3, 0.4) is 0 Å². The van der Waals surface area contributed by atoms with Gasteiger partial charge in [0, 0.05) is 18.0 Å². The maximum atomic E-state index is 11.6. The van der Waals surface area contributed by atoms with E-state index in [2.05, 4.69) is 0 Å². The summed E-state index contributed by atoms with van der Waals surface area (Å²) >= 11 is 0. The van der Waals surface area contributed by atoms with Gasteiger partial charge in [-0.3, -0.25) is 4.79 Å². The van der Waals surface area contributed by atoms with Crippen LogP contribution in [0, 0.1) is 0 Å². The van der Waals surface area contributed by atoms with Crippen LogP contribution < -0.4 is 4.90 Å². The quantitative estimate of drug-likeness (QED) is 0.797. The second kappa shape index (κ2) is 4.33. The summed E-state index contributed by atoms with van der Waals surface area (Å²) in [6, 6.07) is 8.67. The molecule has 0 fully saturated rings. The molecule has 0 radical (unpaired) electrons. The fourth-order valence-corrected chi connectivity index (χ4v) is 3.18. The molecule has 0 saturated carbocycles. The number of hydrogen-bond donors (Lipinski definition) is 0. The Labute approximate surface area is 100 Å². The number of sulfone groups is 1. The molecule has 4 nitrogen and oxygen atoms in total. The number of carbonyl (C=O) groups is 1. The predicted molar refractivity (Wildman–Crippen MR) is 66.3 cm³/mol. The van der Waals surface area contributed by atoms with Crippen molar-refractivity contribution in [2.45, 2.75) is 13.0 Å². The van der Waals surface area contributed by atoms with E-state index in [-0.39, 0.29) is 11.7 Å². The molecule has 1 aromatic carbocycles. The minimum absolute atomic E-state index is 0.0402. The Kier molecular flexibility index (Phi) is 3.02. The van der Waals surface area contributed by atoms with Crippen LogP contribution in [0.5, 0.6) is 0 Å². The van der Waals surface area contributed by atoms with E-state index in [4.69, 9.17) is 0 Å². The van der Waals surface area contributed by atoms with Crippen molar-refractivity contribution in [1.82, 2.24) is 0 Å². The van der Waals surface area contributed by atoms with Crippen LogP contribution in [0.2, 0.25) is 0 Å². The van der Waals surface area contributed by atoms with Gasteiger partial charge in [-0.05, 0) is 18.2 Å². The topological polar surface area (TPSA) is 54.5 Å². The van der Waals surface area contributed by atoms with E-state index in [0.717, 1.165) is 0 Å². The molecule has 1 aliphatic rings. The van der Waals surface area contributed by atoms with Crippen LogP contribution in [0.15, 0.2) is 41.8 Å². The third-order valence-corrected chi connectivity index (χ3v) is 3.99. The number of anilines is 1. The number of rotatable bonds is 2. The molecule has 0 aliphatic carbocycles. The summed E-state index contributed by atoms with van der Waals surface area (Å²) in [5, 5.41) is 1.18. The fraction of sp³-hybridized carbons (Fsp3) is 0.250. The zero-order chi connectivity index (χ0) is 12.5. The molecule has 1 atom stereocenters. The first-order chi connectivity index (χ1) is 7.99. The zero-order valence-electron chi connectivity index (χ0n) is 9.41. The van der Waals surface area contributed by atoms with E-state index in [0.29, 0.717) is 5.69 Å². The van der Waals surface area contributed by atoms with Gasteiger partial charge in [-0.25, -0.2) is 8.42 Å². The van der Waals surface area contributed by atoms with Gasteiger partial charge < -0.3 is 4.90 Å². The summed E-state index contributed by atoms with van der Waals surface area (Å²) in [5.41, 5.74) is 0.715. The lowest BCUT2D eigenvalue weighted by atomic mass is 10.2. The van der Waals surface area contributed by atoms with Crippen LogP contribution in [0.25, 0.3) is 0 Å². The highest BCUT2D eigenvalue weighted by Crippen LogP contribution is 2.22. The molecule has 1 aromatic rings. The summed E-state index contributed by atoms with van der Waals surface area (Å²) in [7, 11) is -3.16. The monoisotopic (exact) mass is 251 g/mol. The average Bonchev–Trinajstić information content (AvgIpc) is 2.60. The number of carbonyl (C=O) groups excluding carboxylic acids is 1. The summed E-state index contributed by atoms with van der Waals surface area (Å²) in [4.78, 5) is 13.1. The molecule has 0 N–H and O–H groups in total. The van der Waals surface area contributed by atoms with E-state index >= 15 is 0 Å². The van der Waals surface area contributed by atoms with Gasteiger partial charge >= 0.3 is 0 Å². The fourth-order valence-electron chi connectivity index (χ4n) is 1.92. The highest BCUT2D eigenvalue weighted by atomic mass is 32.2. The molecule has 0 aromatic heterocycles. The second-order valence-electron chi connectivity index (χ2n) is 3.95. The first kappa shape index (κ1) is 11.9. The van der Waals surface area contributed by atoms with Crippen LogP contribution in [0.1, 0.15) is 6.92 Å². The molecular formula is C12H13NO3S. The van der Waals surface area contributed by atoms with Crippen LogP contribution in [-0.2, 0) is 14.6 Å². The number of amides is 1. The molecule has 2 rings (SSSR count). The Balaban J connectivity index is 2.33. The Hall–Kier alpha value is -1.62. The molecule has 1 unspecified atom stereocenters. The van der Waals surface area contributed by atoms with E-state index in [1.807, 2.05) is 18.2 Å². The lowest BCUT2D eigenvalue weighted by Crippen LogP contribution is -2.39. The Bertz CT molecular complexity index is 548. The van der Waals surface area contributed by atoms with Crippen molar-refractivity contribution in [3.63, 3.8) is 0 Å². The number of para-hydroxylation sites is 1. The first-order valence-electron chi connectivity index (χ1n) is 5.25. The Morgan fingerprint density at radius 1 is 1.29 bits per heavy atom. The summed E-state index contributed by atoms with van der Waals surface area (Å²) in [6.07, 6.45) is 1.56. The van der Waals surface area contributed by atoms with Crippen molar-refractivity contribution in [3.8, 4) is 0 Å².